The van der Waals surface area contributed by atoms with E-state index in [0.29, 0.717) is 39.0 Å². The van der Waals surface area contributed by atoms with E-state index in [2.05, 4.69) is 37.0 Å². The maximum Gasteiger partial charge on any atom is 0.261 e. The van der Waals surface area contributed by atoms with E-state index in [0.717, 1.165) is 15.6 Å². The summed E-state index contributed by atoms with van der Waals surface area (Å²) in [6.07, 6.45) is 1.52. The first kappa shape index (κ1) is 24.8. The van der Waals surface area contributed by atoms with Crippen molar-refractivity contribution in [2.75, 3.05) is 16.0 Å². The number of carbonyl (C=O) groups excluding carboxylic acids is 2. The average molecular weight is 577 g/mol. The number of hydrogen-bond acceptors (Lipinski definition) is 4. The van der Waals surface area contributed by atoms with E-state index < -0.39 is 6.04 Å². The normalized spacial score (nSPS) is 14.5. The quantitative estimate of drug-likeness (QED) is 0.244. The Balaban J connectivity index is 1.53. The average Bonchev–Trinajstić information content (AvgIpc) is 3.28. The fourth-order valence-electron chi connectivity index (χ4n) is 4.32. The molecule has 9 heteroatoms. The van der Waals surface area contributed by atoms with Crippen LogP contribution < -0.4 is 16.0 Å². The van der Waals surface area contributed by atoms with E-state index >= 15 is 0 Å². The maximum absolute atomic E-state index is 13.6. The molecule has 3 aromatic carbocycles. The van der Waals surface area contributed by atoms with Crippen LogP contribution in [0.1, 0.15) is 34.5 Å². The van der Waals surface area contributed by atoms with Crippen LogP contribution in [0.15, 0.2) is 94.7 Å². The van der Waals surface area contributed by atoms with Gasteiger partial charge in [0.25, 0.3) is 11.8 Å². The first-order valence-corrected chi connectivity index (χ1v) is 12.7. The predicted octanol–water partition coefficient (Wildman–Crippen LogP) is 6.79. The third-order valence-electron chi connectivity index (χ3n) is 6.08. The second-order valence-corrected chi connectivity index (χ2v) is 10.1. The van der Waals surface area contributed by atoms with Gasteiger partial charge in [-0.1, -0.05) is 51.8 Å². The van der Waals surface area contributed by atoms with Crippen molar-refractivity contribution in [3.05, 3.63) is 116 Å². The molecule has 1 aliphatic heterocycles. The molecule has 7 nitrogen and oxygen atoms in total. The molecule has 0 unspecified atom stereocenters. The van der Waals surface area contributed by atoms with E-state index in [1.807, 2.05) is 62.4 Å². The highest BCUT2D eigenvalue weighted by Crippen LogP contribution is 2.38. The van der Waals surface area contributed by atoms with Crippen LogP contribution >= 0.6 is 27.5 Å². The summed E-state index contributed by atoms with van der Waals surface area (Å²) < 4.78 is 2.59. The van der Waals surface area contributed by atoms with Gasteiger partial charge in [0.15, 0.2) is 0 Å². The third kappa shape index (κ3) is 5.16. The molecular formula is C28H23BrClN5O2. The van der Waals surface area contributed by atoms with Crippen LogP contribution in [0.5, 0.6) is 0 Å². The van der Waals surface area contributed by atoms with Gasteiger partial charge in [0.2, 0.25) is 0 Å². The van der Waals surface area contributed by atoms with Gasteiger partial charge in [-0.15, -0.1) is 0 Å². The number of allylic oxidation sites excluding steroid dienone is 1. The molecular weight excluding hydrogens is 554 g/mol. The predicted molar refractivity (Wildman–Crippen MR) is 150 cm³/mol. The zero-order valence-electron chi connectivity index (χ0n) is 20.0. The minimum atomic E-state index is -0.558. The lowest BCUT2D eigenvalue weighted by Gasteiger charge is -2.30. The Bertz CT molecular complexity index is 1530. The number of anilines is 3. The molecule has 0 saturated heterocycles. The highest BCUT2D eigenvalue weighted by molar-refractivity contribution is 9.10. The SMILES string of the molecule is CC1=C(C(=O)Nc2ccc(Cl)cc2)[C@@H](c2ccc(Br)cc2)n2ncc(C(=O)Nc3cccc(C)c3)c2N1. The number of fused-ring (bicyclic) bond motifs is 1. The summed E-state index contributed by atoms with van der Waals surface area (Å²) in [5.74, 6) is -0.0680. The number of nitrogens with one attached hydrogen (secondary N) is 3. The smallest absolute Gasteiger partial charge is 0.261 e. The Morgan fingerprint density at radius 3 is 2.35 bits per heavy atom. The summed E-state index contributed by atoms with van der Waals surface area (Å²) in [6.45, 7) is 3.79. The highest BCUT2D eigenvalue weighted by atomic mass is 79.9. The van der Waals surface area contributed by atoms with Crippen molar-refractivity contribution in [1.29, 1.82) is 0 Å². The molecule has 37 heavy (non-hydrogen) atoms. The first-order chi connectivity index (χ1) is 17.8. The summed E-state index contributed by atoms with van der Waals surface area (Å²) in [5, 5.41) is 14.3. The van der Waals surface area contributed by atoms with Gasteiger partial charge in [-0.05, 0) is 73.5 Å². The van der Waals surface area contributed by atoms with Gasteiger partial charge in [-0.25, -0.2) is 4.68 Å². The van der Waals surface area contributed by atoms with Crippen molar-refractivity contribution in [2.45, 2.75) is 19.9 Å². The summed E-state index contributed by atoms with van der Waals surface area (Å²) in [6, 6.07) is 21.6. The lowest BCUT2D eigenvalue weighted by Crippen LogP contribution is -2.32. The Labute approximate surface area is 227 Å². The van der Waals surface area contributed by atoms with Gasteiger partial charge >= 0.3 is 0 Å². The molecule has 0 bridgehead atoms. The summed E-state index contributed by atoms with van der Waals surface area (Å²) in [4.78, 5) is 26.8. The number of nitrogens with zero attached hydrogens (tertiary/aromatic N) is 2. The molecule has 2 amide bonds. The van der Waals surface area contributed by atoms with Crippen LogP contribution in [0.4, 0.5) is 17.2 Å². The van der Waals surface area contributed by atoms with E-state index in [-0.39, 0.29) is 11.8 Å². The standard InChI is InChI=1S/C28H23BrClN5O2/c1-16-4-3-5-22(14-16)34-27(36)23-15-31-35-25(18-6-8-19(29)9-7-18)24(17(2)32-26(23)35)28(37)33-21-12-10-20(30)11-13-21/h3-15,25,32H,1-2H3,(H,33,37)(H,34,36)/t25-/m1/s1. The zero-order valence-corrected chi connectivity index (χ0v) is 22.4. The van der Waals surface area contributed by atoms with Gasteiger partial charge in [-0.3, -0.25) is 9.59 Å². The van der Waals surface area contributed by atoms with Gasteiger partial charge in [-0.2, -0.15) is 5.10 Å². The molecule has 5 rings (SSSR count). The number of aryl methyl sites for hydroxylation is 1. The Morgan fingerprint density at radius 2 is 1.65 bits per heavy atom. The number of benzene rings is 3. The third-order valence-corrected chi connectivity index (χ3v) is 6.86. The monoisotopic (exact) mass is 575 g/mol. The molecule has 1 atom stereocenters. The second-order valence-electron chi connectivity index (χ2n) is 8.75. The van der Waals surface area contributed by atoms with E-state index in [4.69, 9.17) is 11.6 Å². The largest absolute Gasteiger partial charge is 0.343 e. The maximum atomic E-state index is 13.6. The zero-order chi connectivity index (χ0) is 26.1. The minimum Gasteiger partial charge on any atom is -0.343 e. The number of rotatable bonds is 5. The number of halogens is 2. The second kappa shape index (κ2) is 10.2. The van der Waals surface area contributed by atoms with Crippen LogP contribution in [-0.2, 0) is 4.79 Å². The molecule has 0 aliphatic carbocycles. The number of hydrogen-bond donors (Lipinski definition) is 3. The van der Waals surface area contributed by atoms with Crippen LogP contribution in [0.3, 0.4) is 0 Å². The van der Waals surface area contributed by atoms with E-state index in [1.165, 1.54) is 6.20 Å². The lowest BCUT2D eigenvalue weighted by molar-refractivity contribution is -0.113. The van der Waals surface area contributed by atoms with Crippen molar-refractivity contribution in [1.82, 2.24) is 9.78 Å². The van der Waals surface area contributed by atoms with Crippen LogP contribution in [-0.4, -0.2) is 21.6 Å². The Kier molecular flexibility index (Phi) is 6.86. The number of aromatic nitrogens is 2. The molecule has 0 saturated carbocycles. The van der Waals surface area contributed by atoms with Crippen LogP contribution in [0.2, 0.25) is 5.02 Å². The van der Waals surface area contributed by atoms with Crippen molar-refractivity contribution < 1.29 is 9.59 Å². The van der Waals surface area contributed by atoms with Gasteiger partial charge in [0.1, 0.15) is 17.4 Å². The van der Waals surface area contributed by atoms with Crippen LogP contribution in [0.25, 0.3) is 0 Å². The van der Waals surface area contributed by atoms with Gasteiger partial charge in [0, 0.05) is 26.6 Å². The van der Waals surface area contributed by atoms with Gasteiger partial charge in [0.05, 0.1) is 11.8 Å². The molecule has 0 fully saturated rings. The Morgan fingerprint density at radius 1 is 0.946 bits per heavy atom. The topological polar surface area (TPSA) is 88.0 Å². The molecule has 186 valence electrons. The van der Waals surface area contributed by atoms with Crippen molar-refractivity contribution in [3.63, 3.8) is 0 Å². The molecule has 1 aliphatic rings. The molecule has 4 aromatic rings. The minimum absolute atomic E-state index is 0.285. The van der Waals surface area contributed by atoms with E-state index in [9.17, 15) is 9.59 Å². The lowest BCUT2D eigenvalue weighted by atomic mass is 9.94. The fraction of sp³-hybridized carbons (Fsp3) is 0.107. The molecule has 2 heterocycles. The summed E-state index contributed by atoms with van der Waals surface area (Å²) >= 11 is 9.48. The summed E-state index contributed by atoms with van der Waals surface area (Å²) in [5.41, 5.74) is 4.68. The number of carbonyl (C=O) groups is 2. The first-order valence-electron chi connectivity index (χ1n) is 11.6. The van der Waals surface area contributed by atoms with Gasteiger partial charge < -0.3 is 16.0 Å². The number of amides is 2. The van der Waals surface area contributed by atoms with Crippen molar-refractivity contribution in [3.8, 4) is 0 Å². The summed E-state index contributed by atoms with van der Waals surface area (Å²) in [7, 11) is 0. The van der Waals surface area contributed by atoms with Crippen LogP contribution in [0, 0.1) is 6.92 Å². The molecule has 1 aromatic heterocycles. The van der Waals surface area contributed by atoms with E-state index in [1.54, 1.807) is 28.9 Å². The Hall–Kier alpha value is -3.88. The molecule has 0 radical (unpaired) electrons. The molecule has 0 spiro atoms. The highest BCUT2D eigenvalue weighted by Gasteiger charge is 2.35. The van der Waals surface area contributed by atoms with Crippen molar-refractivity contribution in [2.24, 2.45) is 0 Å². The van der Waals surface area contributed by atoms with Crippen molar-refractivity contribution >= 4 is 56.5 Å². The fourth-order valence-corrected chi connectivity index (χ4v) is 4.71. The molecule has 3 N–H and O–H groups in total.